The van der Waals surface area contributed by atoms with Crippen molar-refractivity contribution in [2.24, 2.45) is 11.5 Å². The highest BCUT2D eigenvalue weighted by Gasteiger charge is 2.24. The normalized spacial score (nSPS) is 18.4. The van der Waals surface area contributed by atoms with Crippen LogP contribution in [0.4, 0.5) is 21.7 Å². The van der Waals surface area contributed by atoms with Crippen molar-refractivity contribution in [2.45, 2.75) is 37.8 Å². The van der Waals surface area contributed by atoms with Crippen molar-refractivity contribution < 1.29 is 9.18 Å². The van der Waals surface area contributed by atoms with Crippen molar-refractivity contribution in [3.05, 3.63) is 60.2 Å². The summed E-state index contributed by atoms with van der Waals surface area (Å²) in [6, 6.07) is 9.97. The number of hydrogen-bond acceptors (Lipinski definition) is 7. The maximum Gasteiger partial charge on any atom is 0.252 e. The van der Waals surface area contributed by atoms with Gasteiger partial charge in [0.2, 0.25) is 0 Å². The molecular formula is C22H24FN7O. The van der Waals surface area contributed by atoms with Crippen LogP contribution in [0.3, 0.4) is 0 Å². The largest absolute Gasteiger partial charge is 0.365 e. The molecule has 0 aliphatic heterocycles. The van der Waals surface area contributed by atoms with E-state index >= 15 is 0 Å². The third-order valence-electron chi connectivity index (χ3n) is 5.33. The second-order valence-corrected chi connectivity index (χ2v) is 7.56. The average Bonchev–Trinajstić information content (AvgIpc) is 2.78. The van der Waals surface area contributed by atoms with E-state index in [4.69, 9.17) is 11.5 Å². The Morgan fingerprint density at radius 3 is 2.58 bits per heavy atom. The van der Waals surface area contributed by atoms with E-state index in [0.29, 0.717) is 11.5 Å². The number of anilines is 3. The van der Waals surface area contributed by atoms with Crippen molar-refractivity contribution in [1.82, 2.24) is 15.0 Å². The standard InChI is InChI=1S/C22H24FN7O/c23-16-12-15(19(25)31)21(30-22(16)29-18-8-2-1-7-17(18)24)28-14-6-3-5-13(11-14)20-26-9-4-10-27-20/h3-6,9-12,17-18H,1-2,7-8,24H2,(H2,25,31)(H2,28,29,30)/t17-,18?/m0/s1. The van der Waals surface area contributed by atoms with Gasteiger partial charge in [-0.1, -0.05) is 25.0 Å². The van der Waals surface area contributed by atoms with Gasteiger partial charge in [-0.25, -0.2) is 19.3 Å². The number of primary amides is 1. The maximum atomic E-state index is 14.7. The third-order valence-corrected chi connectivity index (χ3v) is 5.33. The second-order valence-electron chi connectivity index (χ2n) is 7.56. The van der Waals surface area contributed by atoms with Gasteiger partial charge in [-0.15, -0.1) is 0 Å². The monoisotopic (exact) mass is 421 g/mol. The number of nitrogens with two attached hydrogens (primary N) is 2. The Kier molecular flexibility index (Phi) is 6.03. The minimum atomic E-state index is -0.780. The molecule has 2 heterocycles. The predicted molar refractivity (Wildman–Crippen MR) is 117 cm³/mol. The Balaban J connectivity index is 1.64. The SMILES string of the molecule is NC(=O)c1cc(F)c(NC2CCCC[C@@H]2N)nc1Nc1cccc(-c2ncccn2)c1. The van der Waals surface area contributed by atoms with E-state index in [0.717, 1.165) is 37.3 Å². The smallest absolute Gasteiger partial charge is 0.252 e. The Morgan fingerprint density at radius 1 is 1.06 bits per heavy atom. The first-order valence-electron chi connectivity index (χ1n) is 10.2. The van der Waals surface area contributed by atoms with Gasteiger partial charge >= 0.3 is 0 Å². The average molecular weight is 421 g/mol. The van der Waals surface area contributed by atoms with Gasteiger partial charge in [-0.3, -0.25) is 4.79 Å². The van der Waals surface area contributed by atoms with Crippen LogP contribution in [0.1, 0.15) is 36.0 Å². The predicted octanol–water partition coefficient (Wildman–Crippen LogP) is 3.20. The molecule has 8 nitrogen and oxygen atoms in total. The van der Waals surface area contributed by atoms with Crippen LogP contribution in [-0.2, 0) is 0 Å². The van der Waals surface area contributed by atoms with E-state index in [1.165, 1.54) is 0 Å². The molecule has 31 heavy (non-hydrogen) atoms. The fourth-order valence-electron chi connectivity index (χ4n) is 3.71. The molecule has 1 aromatic carbocycles. The third kappa shape index (κ3) is 4.77. The molecule has 1 saturated carbocycles. The summed E-state index contributed by atoms with van der Waals surface area (Å²) in [4.78, 5) is 24.7. The minimum Gasteiger partial charge on any atom is -0.365 e. The number of nitrogens with zero attached hydrogens (tertiary/aromatic N) is 3. The summed E-state index contributed by atoms with van der Waals surface area (Å²) in [5.41, 5.74) is 13.0. The molecule has 1 amide bonds. The van der Waals surface area contributed by atoms with Crippen molar-refractivity contribution in [1.29, 1.82) is 0 Å². The molecule has 1 aliphatic rings. The van der Waals surface area contributed by atoms with Crippen LogP contribution >= 0.6 is 0 Å². The van der Waals surface area contributed by atoms with E-state index in [2.05, 4.69) is 25.6 Å². The lowest BCUT2D eigenvalue weighted by Crippen LogP contribution is -2.43. The molecule has 0 radical (unpaired) electrons. The first kappa shape index (κ1) is 20.7. The van der Waals surface area contributed by atoms with E-state index in [1.54, 1.807) is 24.5 Å². The maximum absolute atomic E-state index is 14.7. The van der Waals surface area contributed by atoms with Crippen LogP contribution < -0.4 is 22.1 Å². The first-order chi connectivity index (χ1) is 15.0. The lowest BCUT2D eigenvalue weighted by atomic mass is 9.91. The van der Waals surface area contributed by atoms with Crippen LogP contribution in [0.25, 0.3) is 11.4 Å². The molecule has 0 bridgehead atoms. The van der Waals surface area contributed by atoms with Crippen LogP contribution in [0.5, 0.6) is 0 Å². The Hall–Kier alpha value is -3.59. The molecule has 1 fully saturated rings. The highest BCUT2D eigenvalue weighted by molar-refractivity contribution is 5.98. The van der Waals surface area contributed by atoms with E-state index < -0.39 is 11.7 Å². The number of rotatable bonds is 6. The summed E-state index contributed by atoms with van der Waals surface area (Å²) in [6.45, 7) is 0. The Morgan fingerprint density at radius 2 is 1.84 bits per heavy atom. The molecule has 2 atom stereocenters. The van der Waals surface area contributed by atoms with Gasteiger partial charge in [0.25, 0.3) is 5.91 Å². The molecule has 0 spiro atoms. The van der Waals surface area contributed by atoms with E-state index in [-0.39, 0.29) is 29.3 Å². The number of carbonyl (C=O) groups excluding carboxylic acids is 1. The highest BCUT2D eigenvalue weighted by Crippen LogP contribution is 2.28. The summed E-state index contributed by atoms with van der Waals surface area (Å²) in [6.07, 6.45) is 7.10. The number of benzene rings is 1. The van der Waals surface area contributed by atoms with Gasteiger partial charge < -0.3 is 22.1 Å². The van der Waals surface area contributed by atoms with Gasteiger partial charge in [0.1, 0.15) is 5.82 Å². The fraction of sp³-hybridized carbons (Fsp3) is 0.273. The Labute approximate surface area is 179 Å². The van der Waals surface area contributed by atoms with E-state index in [1.807, 2.05) is 18.2 Å². The van der Waals surface area contributed by atoms with Gasteiger partial charge in [-0.05, 0) is 37.1 Å². The molecular weight excluding hydrogens is 397 g/mol. The summed E-state index contributed by atoms with van der Waals surface area (Å²) in [5, 5.41) is 6.18. The number of aromatic nitrogens is 3. The zero-order valence-electron chi connectivity index (χ0n) is 16.9. The second kappa shape index (κ2) is 9.05. The van der Waals surface area contributed by atoms with Crippen molar-refractivity contribution in [3.63, 3.8) is 0 Å². The molecule has 6 N–H and O–H groups in total. The van der Waals surface area contributed by atoms with Crippen LogP contribution in [0.2, 0.25) is 0 Å². The molecule has 1 unspecified atom stereocenters. The van der Waals surface area contributed by atoms with Crippen LogP contribution in [0.15, 0.2) is 48.8 Å². The van der Waals surface area contributed by atoms with Crippen molar-refractivity contribution >= 4 is 23.2 Å². The van der Waals surface area contributed by atoms with Crippen molar-refractivity contribution in [2.75, 3.05) is 10.6 Å². The van der Waals surface area contributed by atoms with Gasteiger partial charge in [0, 0.05) is 35.7 Å². The fourth-order valence-corrected chi connectivity index (χ4v) is 3.71. The molecule has 160 valence electrons. The summed E-state index contributed by atoms with van der Waals surface area (Å²) in [7, 11) is 0. The first-order valence-corrected chi connectivity index (χ1v) is 10.2. The highest BCUT2D eigenvalue weighted by atomic mass is 19.1. The molecule has 9 heteroatoms. The molecule has 0 saturated heterocycles. The van der Waals surface area contributed by atoms with Crippen molar-refractivity contribution in [3.8, 4) is 11.4 Å². The lowest BCUT2D eigenvalue weighted by molar-refractivity contribution is 0.100. The van der Waals surface area contributed by atoms with Gasteiger partial charge in [-0.2, -0.15) is 0 Å². The molecule has 4 rings (SSSR count). The minimum absolute atomic E-state index is 0.0393. The number of amides is 1. The van der Waals surface area contributed by atoms with E-state index in [9.17, 15) is 9.18 Å². The number of carbonyl (C=O) groups is 1. The number of hydrogen-bond donors (Lipinski definition) is 4. The van der Waals surface area contributed by atoms with Crippen LogP contribution in [-0.4, -0.2) is 32.9 Å². The van der Waals surface area contributed by atoms with Gasteiger partial charge in [0.15, 0.2) is 17.5 Å². The molecule has 2 aromatic heterocycles. The number of pyridine rings is 1. The topological polar surface area (TPSA) is 132 Å². The number of nitrogens with one attached hydrogen (secondary N) is 2. The van der Waals surface area contributed by atoms with Gasteiger partial charge in [0.05, 0.1) is 5.56 Å². The summed E-state index contributed by atoms with van der Waals surface area (Å²) in [5.74, 6) is -0.674. The molecule has 3 aromatic rings. The number of halogens is 1. The quantitative estimate of drug-likeness (QED) is 0.480. The van der Waals surface area contributed by atoms with Crippen LogP contribution in [0, 0.1) is 5.82 Å². The lowest BCUT2D eigenvalue weighted by Gasteiger charge is -2.30. The Bertz CT molecular complexity index is 1080. The zero-order valence-corrected chi connectivity index (χ0v) is 16.9. The summed E-state index contributed by atoms with van der Waals surface area (Å²) >= 11 is 0. The summed E-state index contributed by atoms with van der Waals surface area (Å²) < 4.78 is 14.7. The zero-order chi connectivity index (χ0) is 21.8. The molecule has 1 aliphatic carbocycles.